The molecule has 1 amide bonds. The molecular weight excluding hydrogens is 444 g/mol. The van der Waals surface area contributed by atoms with Crippen LogP contribution in [0.2, 0.25) is 0 Å². The number of nitrogens with zero attached hydrogens (tertiary/aromatic N) is 5. The number of amides is 1. The molecule has 1 aliphatic heterocycles. The number of benzene rings is 2. The highest BCUT2D eigenvalue weighted by molar-refractivity contribution is 5.93. The second-order valence-corrected chi connectivity index (χ2v) is 8.22. The number of hydrogen-bond donors (Lipinski definition) is 3. The number of ether oxygens (including phenoxy) is 1. The van der Waals surface area contributed by atoms with E-state index in [0.717, 1.165) is 33.5 Å². The van der Waals surface area contributed by atoms with Crippen molar-refractivity contribution in [2.45, 2.75) is 6.42 Å². The van der Waals surface area contributed by atoms with E-state index >= 15 is 0 Å². The Kier molecular flexibility index (Phi) is 5.22. The molecule has 10 nitrogen and oxygen atoms in total. The van der Waals surface area contributed by atoms with Crippen LogP contribution in [0.25, 0.3) is 22.3 Å². The number of carbonyl (C=O) groups excluding carboxylic acids is 1. The molecule has 2 aromatic carbocycles. The first-order valence-corrected chi connectivity index (χ1v) is 11.1. The van der Waals surface area contributed by atoms with Gasteiger partial charge in [-0.1, -0.05) is 0 Å². The highest BCUT2D eigenvalue weighted by Crippen LogP contribution is 2.32. The summed E-state index contributed by atoms with van der Waals surface area (Å²) < 4.78 is 5.87. The zero-order chi connectivity index (χ0) is 23.6. The first-order valence-electron chi connectivity index (χ1n) is 11.1. The maximum atomic E-state index is 12.7. The van der Waals surface area contributed by atoms with Crippen LogP contribution in [0.1, 0.15) is 5.56 Å². The fraction of sp³-hybridized carbons (Fsp3) is 0.120. The van der Waals surface area contributed by atoms with Crippen LogP contribution in [0.15, 0.2) is 73.3 Å². The Morgan fingerprint density at radius 3 is 2.89 bits per heavy atom. The van der Waals surface area contributed by atoms with Crippen molar-refractivity contribution in [3.63, 3.8) is 0 Å². The molecule has 10 heteroatoms. The van der Waals surface area contributed by atoms with Gasteiger partial charge in [0.05, 0.1) is 35.7 Å². The van der Waals surface area contributed by atoms with Gasteiger partial charge in [0.15, 0.2) is 5.82 Å². The Bertz CT molecular complexity index is 1520. The third-order valence-corrected chi connectivity index (χ3v) is 5.82. The van der Waals surface area contributed by atoms with Gasteiger partial charge in [-0.3, -0.25) is 9.89 Å². The Labute approximate surface area is 199 Å². The van der Waals surface area contributed by atoms with Gasteiger partial charge in [0.25, 0.3) is 0 Å². The van der Waals surface area contributed by atoms with Gasteiger partial charge >= 0.3 is 0 Å². The average Bonchev–Trinajstić information content (AvgIpc) is 3.37. The number of anilines is 3. The second-order valence-electron chi connectivity index (χ2n) is 8.22. The molecule has 3 aromatic heterocycles. The van der Waals surface area contributed by atoms with Crippen LogP contribution in [0.3, 0.4) is 0 Å². The number of fused-ring (bicyclic) bond motifs is 2. The van der Waals surface area contributed by atoms with E-state index in [-0.39, 0.29) is 11.8 Å². The lowest BCUT2D eigenvalue weighted by atomic mass is 9.94. The molecule has 3 N–H and O–H groups in total. The minimum absolute atomic E-state index is 0.119. The highest BCUT2D eigenvalue weighted by atomic mass is 16.5. The molecule has 35 heavy (non-hydrogen) atoms. The molecule has 0 fully saturated rings. The summed E-state index contributed by atoms with van der Waals surface area (Å²) in [7, 11) is 0. The standard InChI is InChI=1S/C25H20N8O2/c34-25(31-20-5-8-27-28-13-20)18-10-16-9-15(1-4-22(16)35-14-18)24-26-7-6-23(32-24)30-19-2-3-21-17(11-19)12-29-33-21/h1-9,11-13,18H,10,14H2,(H,29,33)(H,26,30,32)(H,27,31,34). The number of aromatic amines is 1. The fourth-order valence-corrected chi connectivity index (χ4v) is 4.05. The summed E-state index contributed by atoms with van der Waals surface area (Å²) in [5.41, 5.74) is 4.27. The lowest BCUT2D eigenvalue weighted by Gasteiger charge is -2.25. The predicted molar refractivity (Wildman–Crippen MR) is 130 cm³/mol. The molecule has 0 radical (unpaired) electrons. The SMILES string of the molecule is O=C(Nc1ccnnc1)C1COc2ccc(-c3nccc(Nc4ccc5[nH]ncc5c4)n3)cc2C1. The maximum absolute atomic E-state index is 12.7. The summed E-state index contributed by atoms with van der Waals surface area (Å²) in [6.07, 6.45) is 7.10. The Hall–Kier alpha value is -4.86. The van der Waals surface area contributed by atoms with E-state index in [1.807, 2.05) is 42.5 Å². The summed E-state index contributed by atoms with van der Waals surface area (Å²) in [5, 5.41) is 21.7. The van der Waals surface area contributed by atoms with Crippen LogP contribution in [0, 0.1) is 5.92 Å². The molecule has 172 valence electrons. The van der Waals surface area contributed by atoms with Crippen molar-refractivity contribution in [1.82, 2.24) is 30.4 Å². The van der Waals surface area contributed by atoms with Gasteiger partial charge in [0.1, 0.15) is 18.2 Å². The Balaban J connectivity index is 1.20. The van der Waals surface area contributed by atoms with Crippen LogP contribution in [-0.4, -0.2) is 42.9 Å². The number of H-pyrrole nitrogens is 1. The number of rotatable bonds is 5. The molecular formula is C25H20N8O2. The van der Waals surface area contributed by atoms with E-state index in [4.69, 9.17) is 4.74 Å². The third kappa shape index (κ3) is 4.36. The zero-order valence-electron chi connectivity index (χ0n) is 18.5. The van der Waals surface area contributed by atoms with Gasteiger partial charge in [0.2, 0.25) is 5.91 Å². The van der Waals surface area contributed by atoms with Gasteiger partial charge < -0.3 is 15.4 Å². The molecule has 4 heterocycles. The van der Waals surface area contributed by atoms with E-state index in [2.05, 4.69) is 41.0 Å². The maximum Gasteiger partial charge on any atom is 0.231 e. The number of carbonyl (C=O) groups is 1. The van der Waals surface area contributed by atoms with Crippen LogP contribution < -0.4 is 15.4 Å². The van der Waals surface area contributed by atoms with E-state index in [0.29, 0.717) is 30.4 Å². The predicted octanol–water partition coefficient (Wildman–Crippen LogP) is 3.74. The van der Waals surface area contributed by atoms with Crippen LogP contribution in [0.5, 0.6) is 5.75 Å². The monoisotopic (exact) mass is 464 g/mol. The van der Waals surface area contributed by atoms with Crippen LogP contribution in [0.4, 0.5) is 17.2 Å². The van der Waals surface area contributed by atoms with Crippen molar-refractivity contribution < 1.29 is 9.53 Å². The minimum atomic E-state index is -0.322. The van der Waals surface area contributed by atoms with E-state index in [1.54, 1.807) is 18.5 Å². The molecule has 1 atom stereocenters. The topological polar surface area (TPSA) is 131 Å². The molecule has 0 aliphatic carbocycles. The van der Waals surface area contributed by atoms with Crippen molar-refractivity contribution in [2.75, 3.05) is 17.2 Å². The number of nitrogens with one attached hydrogen (secondary N) is 3. The summed E-state index contributed by atoms with van der Waals surface area (Å²) in [6.45, 7) is 0.313. The molecule has 6 rings (SSSR count). The summed E-state index contributed by atoms with van der Waals surface area (Å²) in [6, 6.07) is 15.3. The first kappa shape index (κ1) is 20.7. The van der Waals surface area contributed by atoms with Crippen molar-refractivity contribution in [2.24, 2.45) is 5.92 Å². The van der Waals surface area contributed by atoms with Gasteiger partial charge in [-0.05, 0) is 60.5 Å². The quantitative estimate of drug-likeness (QED) is 0.359. The summed E-state index contributed by atoms with van der Waals surface area (Å²) in [5.74, 6) is 1.58. The Morgan fingerprint density at radius 1 is 1.00 bits per heavy atom. The van der Waals surface area contributed by atoms with E-state index in [9.17, 15) is 4.79 Å². The van der Waals surface area contributed by atoms with E-state index in [1.165, 1.54) is 12.4 Å². The Morgan fingerprint density at radius 2 is 1.97 bits per heavy atom. The molecule has 0 bridgehead atoms. The molecule has 0 saturated carbocycles. The van der Waals surface area contributed by atoms with Crippen LogP contribution in [-0.2, 0) is 11.2 Å². The van der Waals surface area contributed by atoms with Gasteiger partial charge in [-0.25, -0.2) is 9.97 Å². The molecule has 5 aromatic rings. The molecule has 1 unspecified atom stereocenters. The highest BCUT2D eigenvalue weighted by Gasteiger charge is 2.26. The second kappa shape index (κ2) is 8.82. The largest absolute Gasteiger partial charge is 0.492 e. The van der Waals surface area contributed by atoms with Gasteiger partial charge in [-0.2, -0.15) is 15.3 Å². The summed E-state index contributed by atoms with van der Waals surface area (Å²) >= 11 is 0. The minimum Gasteiger partial charge on any atom is -0.492 e. The van der Waals surface area contributed by atoms with Crippen molar-refractivity contribution in [1.29, 1.82) is 0 Å². The normalized spacial score (nSPS) is 14.7. The van der Waals surface area contributed by atoms with E-state index < -0.39 is 0 Å². The number of hydrogen-bond acceptors (Lipinski definition) is 8. The van der Waals surface area contributed by atoms with Crippen molar-refractivity contribution in [3.05, 3.63) is 78.9 Å². The summed E-state index contributed by atoms with van der Waals surface area (Å²) in [4.78, 5) is 21.9. The smallest absolute Gasteiger partial charge is 0.231 e. The fourth-order valence-electron chi connectivity index (χ4n) is 4.05. The molecule has 0 spiro atoms. The van der Waals surface area contributed by atoms with Crippen molar-refractivity contribution in [3.8, 4) is 17.1 Å². The first-order chi connectivity index (χ1) is 17.2. The molecule has 1 aliphatic rings. The van der Waals surface area contributed by atoms with Crippen molar-refractivity contribution >= 4 is 34.0 Å². The zero-order valence-corrected chi connectivity index (χ0v) is 18.5. The molecule has 0 saturated heterocycles. The lowest BCUT2D eigenvalue weighted by Crippen LogP contribution is -2.32. The van der Waals surface area contributed by atoms with Gasteiger partial charge in [0, 0.05) is 22.8 Å². The van der Waals surface area contributed by atoms with Gasteiger partial charge in [-0.15, -0.1) is 0 Å². The number of aromatic nitrogens is 6. The lowest BCUT2D eigenvalue weighted by molar-refractivity contribution is -0.121. The average molecular weight is 464 g/mol. The van der Waals surface area contributed by atoms with Crippen LogP contribution >= 0.6 is 0 Å². The third-order valence-electron chi connectivity index (χ3n) is 5.82.